The van der Waals surface area contributed by atoms with Crippen LogP contribution < -0.4 is 0 Å². The Morgan fingerprint density at radius 2 is 2.20 bits per heavy atom. The molecule has 86 valence electrons. The van der Waals surface area contributed by atoms with Gasteiger partial charge in [0.2, 0.25) is 5.91 Å². The molecule has 1 amide bonds. The summed E-state index contributed by atoms with van der Waals surface area (Å²) >= 11 is 1.67. The standard InChI is InChI=1S/C11H19NO2S/c1-8(7-15-3)11(14)12-6-4-5-10(12)9(2)13/h8,10H,4-7H2,1-3H3. The third-order valence-electron chi connectivity index (χ3n) is 2.84. The van der Waals surface area contributed by atoms with Gasteiger partial charge in [0.25, 0.3) is 0 Å². The van der Waals surface area contributed by atoms with Crippen molar-refractivity contribution in [2.75, 3.05) is 18.6 Å². The first kappa shape index (κ1) is 12.6. The third-order valence-corrected chi connectivity index (χ3v) is 3.68. The van der Waals surface area contributed by atoms with Crippen LogP contribution >= 0.6 is 11.8 Å². The van der Waals surface area contributed by atoms with Crippen LogP contribution in [-0.2, 0) is 9.59 Å². The van der Waals surface area contributed by atoms with Gasteiger partial charge >= 0.3 is 0 Å². The molecule has 0 aromatic rings. The molecule has 0 bridgehead atoms. The Balaban J connectivity index is 2.62. The molecule has 3 nitrogen and oxygen atoms in total. The molecule has 0 aliphatic carbocycles. The van der Waals surface area contributed by atoms with Gasteiger partial charge in [0, 0.05) is 18.2 Å². The minimum Gasteiger partial charge on any atom is -0.332 e. The molecule has 1 aliphatic rings. The van der Waals surface area contributed by atoms with Crippen molar-refractivity contribution < 1.29 is 9.59 Å². The monoisotopic (exact) mass is 229 g/mol. The Labute approximate surface area is 95.6 Å². The number of hydrogen-bond acceptors (Lipinski definition) is 3. The van der Waals surface area contributed by atoms with Gasteiger partial charge in [-0.15, -0.1) is 0 Å². The zero-order valence-electron chi connectivity index (χ0n) is 9.66. The van der Waals surface area contributed by atoms with Gasteiger partial charge in [0.05, 0.1) is 6.04 Å². The first-order chi connectivity index (χ1) is 7.07. The van der Waals surface area contributed by atoms with Crippen molar-refractivity contribution >= 4 is 23.5 Å². The van der Waals surface area contributed by atoms with Crippen LogP contribution in [0.1, 0.15) is 26.7 Å². The predicted octanol–water partition coefficient (Wildman–Crippen LogP) is 1.57. The Hall–Kier alpha value is -0.510. The molecule has 0 radical (unpaired) electrons. The smallest absolute Gasteiger partial charge is 0.226 e. The molecular formula is C11H19NO2S. The third kappa shape index (κ3) is 2.97. The lowest BCUT2D eigenvalue weighted by Crippen LogP contribution is -2.42. The molecule has 1 rings (SSSR count). The summed E-state index contributed by atoms with van der Waals surface area (Å²) in [7, 11) is 0. The van der Waals surface area contributed by atoms with E-state index in [2.05, 4.69) is 0 Å². The molecule has 2 unspecified atom stereocenters. The number of thioether (sulfide) groups is 1. The van der Waals surface area contributed by atoms with E-state index in [0.29, 0.717) is 0 Å². The molecule has 0 N–H and O–H groups in total. The second kappa shape index (κ2) is 5.54. The van der Waals surface area contributed by atoms with E-state index in [9.17, 15) is 9.59 Å². The van der Waals surface area contributed by atoms with E-state index in [1.54, 1.807) is 23.6 Å². The Kier molecular flexibility index (Phi) is 4.64. The lowest BCUT2D eigenvalue weighted by atomic mass is 10.1. The van der Waals surface area contributed by atoms with Crippen molar-refractivity contribution in [1.29, 1.82) is 0 Å². The number of Topliss-reactive ketones (excluding diaryl/α,β-unsaturated/α-hetero) is 1. The highest BCUT2D eigenvalue weighted by atomic mass is 32.2. The summed E-state index contributed by atoms with van der Waals surface area (Å²) < 4.78 is 0. The predicted molar refractivity (Wildman–Crippen MR) is 63.0 cm³/mol. The number of likely N-dealkylation sites (tertiary alicyclic amines) is 1. The molecule has 0 aromatic carbocycles. The van der Waals surface area contributed by atoms with Crippen molar-refractivity contribution in [2.24, 2.45) is 5.92 Å². The van der Waals surface area contributed by atoms with Crippen molar-refractivity contribution in [3.05, 3.63) is 0 Å². The van der Waals surface area contributed by atoms with E-state index >= 15 is 0 Å². The number of hydrogen-bond donors (Lipinski definition) is 0. The van der Waals surface area contributed by atoms with Crippen LogP contribution in [0.4, 0.5) is 0 Å². The fraction of sp³-hybridized carbons (Fsp3) is 0.818. The number of amides is 1. The molecule has 1 saturated heterocycles. The normalized spacial score (nSPS) is 22.9. The molecule has 1 aliphatic heterocycles. The number of rotatable bonds is 4. The summed E-state index contributed by atoms with van der Waals surface area (Å²) in [5.74, 6) is 1.12. The average molecular weight is 229 g/mol. The van der Waals surface area contributed by atoms with E-state index in [0.717, 1.165) is 25.1 Å². The minimum absolute atomic E-state index is 0.0277. The summed E-state index contributed by atoms with van der Waals surface area (Å²) in [6.45, 7) is 4.27. The van der Waals surface area contributed by atoms with Crippen molar-refractivity contribution in [3.8, 4) is 0 Å². The first-order valence-electron chi connectivity index (χ1n) is 5.37. The molecule has 4 heteroatoms. The SMILES string of the molecule is CSCC(C)C(=O)N1CCCC1C(C)=O. The summed E-state index contributed by atoms with van der Waals surface area (Å²) in [6.07, 6.45) is 3.80. The van der Waals surface area contributed by atoms with Crippen molar-refractivity contribution in [1.82, 2.24) is 4.90 Å². The van der Waals surface area contributed by atoms with Gasteiger partial charge in [-0.3, -0.25) is 9.59 Å². The van der Waals surface area contributed by atoms with E-state index < -0.39 is 0 Å². The fourth-order valence-electron chi connectivity index (χ4n) is 2.06. The van der Waals surface area contributed by atoms with Gasteiger partial charge in [0.15, 0.2) is 5.78 Å². The lowest BCUT2D eigenvalue weighted by molar-refractivity contribution is -0.139. The van der Waals surface area contributed by atoms with Gasteiger partial charge in [-0.05, 0) is 26.0 Å². The lowest BCUT2D eigenvalue weighted by Gasteiger charge is -2.25. The Bertz CT molecular complexity index is 255. The van der Waals surface area contributed by atoms with Gasteiger partial charge in [0.1, 0.15) is 0 Å². The molecule has 15 heavy (non-hydrogen) atoms. The summed E-state index contributed by atoms with van der Waals surface area (Å²) in [4.78, 5) is 25.1. The maximum atomic E-state index is 12.0. The molecule has 0 saturated carbocycles. The van der Waals surface area contributed by atoms with Gasteiger partial charge < -0.3 is 4.90 Å². The second-order valence-electron chi connectivity index (χ2n) is 4.16. The molecule has 1 fully saturated rings. The maximum Gasteiger partial charge on any atom is 0.226 e. The number of carbonyl (C=O) groups is 2. The van der Waals surface area contributed by atoms with Crippen LogP contribution in [0.5, 0.6) is 0 Å². The summed E-state index contributed by atoms with van der Waals surface area (Å²) in [5, 5.41) is 0. The largest absolute Gasteiger partial charge is 0.332 e. The maximum absolute atomic E-state index is 12.0. The van der Waals surface area contributed by atoms with Crippen LogP contribution in [0, 0.1) is 5.92 Å². The van der Waals surface area contributed by atoms with E-state index in [-0.39, 0.29) is 23.7 Å². The van der Waals surface area contributed by atoms with Gasteiger partial charge in [-0.1, -0.05) is 6.92 Å². The quantitative estimate of drug-likeness (QED) is 0.734. The van der Waals surface area contributed by atoms with E-state index in [1.165, 1.54) is 0 Å². The van der Waals surface area contributed by atoms with Gasteiger partial charge in [-0.2, -0.15) is 11.8 Å². The van der Waals surface area contributed by atoms with Crippen LogP contribution in [0.3, 0.4) is 0 Å². The topological polar surface area (TPSA) is 37.4 Å². The average Bonchev–Trinajstić information content (AvgIpc) is 2.65. The van der Waals surface area contributed by atoms with Crippen LogP contribution in [-0.4, -0.2) is 41.2 Å². The second-order valence-corrected chi connectivity index (χ2v) is 5.07. The van der Waals surface area contributed by atoms with Crippen molar-refractivity contribution in [2.45, 2.75) is 32.7 Å². The van der Waals surface area contributed by atoms with Crippen LogP contribution in [0.15, 0.2) is 0 Å². The zero-order chi connectivity index (χ0) is 11.4. The number of carbonyl (C=O) groups excluding carboxylic acids is 2. The molecule has 0 aromatic heterocycles. The van der Waals surface area contributed by atoms with E-state index in [4.69, 9.17) is 0 Å². The Morgan fingerprint density at radius 1 is 1.53 bits per heavy atom. The first-order valence-corrected chi connectivity index (χ1v) is 6.77. The fourth-order valence-corrected chi connectivity index (χ4v) is 2.70. The highest BCUT2D eigenvalue weighted by molar-refractivity contribution is 7.98. The number of ketones is 1. The molecule has 2 atom stereocenters. The van der Waals surface area contributed by atoms with Crippen LogP contribution in [0.25, 0.3) is 0 Å². The highest BCUT2D eigenvalue weighted by Gasteiger charge is 2.33. The summed E-state index contributed by atoms with van der Waals surface area (Å²) in [6, 6.07) is -0.151. The Morgan fingerprint density at radius 3 is 2.73 bits per heavy atom. The van der Waals surface area contributed by atoms with Crippen molar-refractivity contribution in [3.63, 3.8) is 0 Å². The molecule has 0 spiro atoms. The van der Waals surface area contributed by atoms with Crippen LogP contribution in [0.2, 0.25) is 0 Å². The minimum atomic E-state index is -0.151. The molecular weight excluding hydrogens is 210 g/mol. The van der Waals surface area contributed by atoms with Gasteiger partial charge in [-0.25, -0.2) is 0 Å². The molecule has 1 heterocycles. The number of nitrogens with zero attached hydrogens (tertiary/aromatic N) is 1. The highest BCUT2D eigenvalue weighted by Crippen LogP contribution is 2.21. The zero-order valence-corrected chi connectivity index (χ0v) is 10.5. The van der Waals surface area contributed by atoms with E-state index in [1.807, 2.05) is 13.2 Å². The summed E-state index contributed by atoms with van der Waals surface area (Å²) in [5.41, 5.74) is 0.